The predicted octanol–water partition coefficient (Wildman–Crippen LogP) is 0.612. The fraction of sp³-hybridized carbons (Fsp3) is 0.833. The van der Waals surface area contributed by atoms with Gasteiger partial charge in [-0.05, 0) is 5.92 Å². The first-order valence-corrected chi connectivity index (χ1v) is 2.83. The van der Waals surface area contributed by atoms with Crippen molar-refractivity contribution in [3.05, 3.63) is 0 Å². The van der Waals surface area contributed by atoms with Crippen molar-refractivity contribution in [2.24, 2.45) is 5.92 Å². The van der Waals surface area contributed by atoms with Crippen molar-refractivity contribution in [2.45, 2.75) is 12.8 Å². The zero-order valence-electron chi connectivity index (χ0n) is 5.02. The normalized spacial score (nSPS) is 20.9. The van der Waals surface area contributed by atoms with E-state index in [1.54, 1.807) is 7.11 Å². The van der Waals surface area contributed by atoms with Crippen molar-refractivity contribution in [1.82, 2.24) is 0 Å². The van der Waals surface area contributed by atoms with Crippen molar-refractivity contribution in [3.8, 4) is 0 Å². The third-order valence-corrected chi connectivity index (χ3v) is 1.44. The second-order valence-electron chi connectivity index (χ2n) is 2.27. The summed E-state index contributed by atoms with van der Waals surface area (Å²) in [5.74, 6) is 0.916. The third kappa shape index (κ3) is 1.07. The molecule has 2 nitrogen and oxygen atoms in total. The highest BCUT2D eigenvalue weighted by Crippen LogP contribution is 2.22. The highest BCUT2D eigenvalue weighted by molar-refractivity contribution is 5.84. The summed E-state index contributed by atoms with van der Waals surface area (Å²) in [6.45, 7) is 0.756. The highest BCUT2D eigenvalue weighted by atomic mass is 16.5. The summed E-state index contributed by atoms with van der Waals surface area (Å²) >= 11 is 0. The number of ketones is 1. The van der Waals surface area contributed by atoms with Gasteiger partial charge in [0.05, 0.1) is 0 Å². The molecule has 0 spiro atoms. The molecule has 1 aliphatic carbocycles. The molecular formula is C6H10O2. The summed E-state index contributed by atoms with van der Waals surface area (Å²) in [5.41, 5.74) is 0. The van der Waals surface area contributed by atoms with Gasteiger partial charge in [-0.25, -0.2) is 0 Å². The maximum atomic E-state index is 10.3. The van der Waals surface area contributed by atoms with E-state index in [0.717, 1.165) is 19.4 Å². The van der Waals surface area contributed by atoms with Crippen LogP contribution in [-0.4, -0.2) is 19.5 Å². The monoisotopic (exact) mass is 114 g/mol. The summed E-state index contributed by atoms with van der Waals surface area (Å²) in [6, 6.07) is 0. The topological polar surface area (TPSA) is 26.3 Å². The SMILES string of the molecule is COCC1CC(=O)C1. The van der Waals surface area contributed by atoms with Crippen molar-refractivity contribution in [1.29, 1.82) is 0 Å². The van der Waals surface area contributed by atoms with E-state index in [-0.39, 0.29) is 0 Å². The molecule has 8 heavy (non-hydrogen) atoms. The molecule has 0 unspecified atom stereocenters. The Kier molecular flexibility index (Phi) is 1.63. The molecule has 0 aromatic rings. The van der Waals surface area contributed by atoms with Crippen molar-refractivity contribution in [3.63, 3.8) is 0 Å². The minimum atomic E-state index is 0.382. The van der Waals surface area contributed by atoms with Gasteiger partial charge in [-0.1, -0.05) is 0 Å². The zero-order valence-corrected chi connectivity index (χ0v) is 5.02. The predicted molar refractivity (Wildman–Crippen MR) is 29.6 cm³/mol. The first kappa shape index (κ1) is 5.76. The Balaban J connectivity index is 2.06. The number of carbonyl (C=O) groups excluding carboxylic acids is 1. The van der Waals surface area contributed by atoms with Crippen LogP contribution in [-0.2, 0) is 9.53 Å². The lowest BCUT2D eigenvalue weighted by molar-refractivity contribution is -0.128. The molecule has 1 aliphatic rings. The van der Waals surface area contributed by atoms with Gasteiger partial charge in [-0.2, -0.15) is 0 Å². The van der Waals surface area contributed by atoms with Gasteiger partial charge in [0.25, 0.3) is 0 Å². The molecule has 0 atom stereocenters. The summed E-state index contributed by atoms with van der Waals surface area (Å²) in [7, 11) is 1.67. The lowest BCUT2D eigenvalue weighted by Crippen LogP contribution is -2.26. The van der Waals surface area contributed by atoms with E-state index >= 15 is 0 Å². The lowest BCUT2D eigenvalue weighted by atomic mass is 9.85. The molecule has 0 saturated heterocycles. The van der Waals surface area contributed by atoms with Crippen molar-refractivity contribution in [2.75, 3.05) is 13.7 Å². The van der Waals surface area contributed by atoms with Crippen LogP contribution in [0.5, 0.6) is 0 Å². The smallest absolute Gasteiger partial charge is 0.133 e. The van der Waals surface area contributed by atoms with Crippen molar-refractivity contribution < 1.29 is 9.53 Å². The van der Waals surface area contributed by atoms with Crippen LogP contribution in [0.2, 0.25) is 0 Å². The van der Waals surface area contributed by atoms with E-state index in [4.69, 9.17) is 4.74 Å². The molecule has 0 aromatic heterocycles. The van der Waals surface area contributed by atoms with Gasteiger partial charge in [-0.3, -0.25) is 4.79 Å². The Hall–Kier alpha value is -0.370. The van der Waals surface area contributed by atoms with Gasteiger partial charge >= 0.3 is 0 Å². The number of methoxy groups -OCH3 is 1. The first-order valence-electron chi connectivity index (χ1n) is 2.83. The second-order valence-corrected chi connectivity index (χ2v) is 2.27. The molecule has 0 amide bonds. The number of hydrogen-bond donors (Lipinski definition) is 0. The quantitative estimate of drug-likeness (QED) is 0.525. The van der Waals surface area contributed by atoms with Gasteiger partial charge in [0, 0.05) is 26.6 Å². The Labute approximate surface area is 48.8 Å². The molecule has 0 aromatic carbocycles. The van der Waals surface area contributed by atoms with Gasteiger partial charge in [0.2, 0.25) is 0 Å². The van der Waals surface area contributed by atoms with Crippen LogP contribution in [0.3, 0.4) is 0 Å². The van der Waals surface area contributed by atoms with E-state index in [1.165, 1.54) is 0 Å². The molecule has 1 rings (SSSR count). The molecule has 46 valence electrons. The third-order valence-electron chi connectivity index (χ3n) is 1.44. The summed E-state index contributed by atoms with van der Waals surface area (Å²) < 4.78 is 4.84. The fourth-order valence-corrected chi connectivity index (χ4v) is 0.938. The van der Waals surface area contributed by atoms with E-state index in [9.17, 15) is 4.79 Å². The second kappa shape index (κ2) is 2.27. The van der Waals surface area contributed by atoms with Gasteiger partial charge in [0.1, 0.15) is 5.78 Å². The number of Topliss-reactive ketones (excluding diaryl/α,β-unsaturated/α-hetero) is 1. The van der Waals surface area contributed by atoms with Crippen LogP contribution < -0.4 is 0 Å². The maximum Gasteiger partial charge on any atom is 0.133 e. The van der Waals surface area contributed by atoms with E-state index in [2.05, 4.69) is 0 Å². The lowest BCUT2D eigenvalue weighted by Gasteiger charge is -2.22. The van der Waals surface area contributed by atoms with Crippen LogP contribution in [0.1, 0.15) is 12.8 Å². The molecule has 0 bridgehead atoms. The first-order chi connectivity index (χ1) is 3.83. The highest BCUT2D eigenvalue weighted by Gasteiger charge is 2.25. The Morgan fingerprint density at radius 3 is 2.75 bits per heavy atom. The van der Waals surface area contributed by atoms with Gasteiger partial charge in [-0.15, -0.1) is 0 Å². The van der Waals surface area contributed by atoms with Crippen LogP contribution in [0.25, 0.3) is 0 Å². The zero-order chi connectivity index (χ0) is 5.98. The van der Waals surface area contributed by atoms with E-state index in [1.807, 2.05) is 0 Å². The molecular weight excluding hydrogens is 104 g/mol. The molecule has 1 fully saturated rings. The van der Waals surface area contributed by atoms with Gasteiger partial charge in [0.15, 0.2) is 0 Å². The summed E-state index contributed by atoms with van der Waals surface area (Å²) in [4.78, 5) is 10.3. The van der Waals surface area contributed by atoms with Crippen LogP contribution in [0.15, 0.2) is 0 Å². The number of carbonyl (C=O) groups is 1. The molecule has 0 radical (unpaired) electrons. The molecule has 0 heterocycles. The van der Waals surface area contributed by atoms with E-state index < -0.39 is 0 Å². The number of hydrogen-bond acceptors (Lipinski definition) is 2. The molecule has 0 N–H and O–H groups in total. The average Bonchev–Trinajstić information content (AvgIpc) is 1.64. The Morgan fingerprint density at radius 2 is 2.38 bits per heavy atom. The van der Waals surface area contributed by atoms with Crippen LogP contribution in [0, 0.1) is 5.92 Å². The molecule has 2 heteroatoms. The van der Waals surface area contributed by atoms with E-state index in [0.29, 0.717) is 11.7 Å². The maximum absolute atomic E-state index is 10.3. The van der Waals surface area contributed by atoms with Crippen LogP contribution >= 0.6 is 0 Å². The number of ether oxygens (including phenoxy) is 1. The largest absolute Gasteiger partial charge is 0.384 e. The minimum Gasteiger partial charge on any atom is -0.384 e. The summed E-state index contributed by atoms with van der Waals surface area (Å²) in [6.07, 6.45) is 1.49. The summed E-state index contributed by atoms with van der Waals surface area (Å²) in [5, 5.41) is 0. The van der Waals surface area contributed by atoms with Crippen molar-refractivity contribution >= 4 is 5.78 Å². The minimum absolute atomic E-state index is 0.382. The molecule has 1 saturated carbocycles. The molecule has 0 aliphatic heterocycles. The van der Waals surface area contributed by atoms with Gasteiger partial charge < -0.3 is 4.74 Å². The number of rotatable bonds is 2. The average molecular weight is 114 g/mol. The fourth-order valence-electron chi connectivity index (χ4n) is 0.938. The standard InChI is InChI=1S/C6H10O2/c1-8-4-5-2-6(7)3-5/h5H,2-4H2,1H3. The Morgan fingerprint density at radius 1 is 1.75 bits per heavy atom. The Bertz CT molecular complexity index is 90.7. The van der Waals surface area contributed by atoms with Crippen LogP contribution in [0.4, 0.5) is 0 Å².